The van der Waals surface area contributed by atoms with Crippen LogP contribution in [-0.4, -0.2) is 34.2 Å². The molecule has 0 radical (unpaired) electrons. The summed E-state index contributed by atoms with van der Waals surface area (Å²) in [6.45, 7) is 1.86. The van der Waals surface area contributed by atoms with Crippen LogP contribution in [0.1, 0.15) is 48.5 Å². The van der Waals surface area contributed by atoms with E-state index in [0.717, 1.165) is 38.6 Å². The second kappa shape index (κ2) is 7.07. The van der Waals surface area contributed by atoms with Crippen molar-refractivity contribution in [3.63, 3.8) is 0 Å². The second-order valence-electron chi connectivity index (χ2n) is 7.30. The molecule has 1 aromatic heterocycles. The van der Waals surface area contributed by atoms with Crippen LogP contribution in [0.2, 0.25) is 0 Å². The second-order valence-corrected chi connectivity index (χ2v) is 7.30. The Kier molecular flexibility index (Phi) is 4.63. The van der Waals surface area contributed by atoms with Crippen molar-refractivity contribution in [3.05, 3.63) is 47.1 Å². The van der Waals surface area contributed by atoms with Crippen molar-refractivity contribution >= 4 is 6.03 Å². The van der Waals surface area contributed by atoms with Gasteiger partial charge in [0.1, 0.15) is 0 Å². The van der Waals surface area contributed by atoms with Crippen LogP contribution in [0.3, 0.4) is 0 Å². The van der Waals surface area contributed by atoms with Gasteiger partial charge in [-0.05, 0) is 30.4 Å². The molecule has 3 N–H and O–H groups in total. The number of rotatable bonds is 4. The number of amides is 2. The number of benzene rings is 1. The van der Waals surface area contributed by atoms with Gasteiger partial charge in [-0.25, -0.2) is 4.79 Å². The lowest BCUT2D eigenvalue weighted by Gasteiger charge is -2.28. The van der Waals surface area contributed by atoms with Gasteiger partial charge in [0.15, 0.2) is 5.82 Å². The summed E-state index contributed by atoms with van der Waals surface area (Å²) in [7, 11) is 0. The number of aromatic nitrogens is 2. The third-order valence-corrected chi connectivity index (χ3v) is 5.44. The molecule has 1 fully saturated rings. The van der Waals surface area contributed by atoms with Gasteiger partial charge in [-0.15, -0.1) is 0 Å². The van der Waals surface area contributed by atoms with Crippen LogP contribution >= 0.6 is 0 Å². The normalized spacial score (nSPS) is 18.6. The highest BCUT2D eigenvalue weighted by molar-refractivity contribution is 5.74. The maximum atomic E-state index is 12.4. The summed E-state index contributed by atoms with van der Waals surface area (Å²) in [4.78, 5) is 18.7. The Hall–Kier alpha value is -2.41. The molecule has 0 atom stereocenters. The van der Waals surface area contributed by atoms with Crippen molar-refractivity contribution < 1.29 is 9.32 Å². The van der Waals surface area contributed by atoms with E-state index in [2.05, 4.69) is 27.6 Å². The summed E-state index contributed by atoms with van der Waals surface area (Å²) < 4.78 is 5.31. The van der Waals surface area contributed by atoms with E-state index in [4.69, 9.17) is 10.3 Å². The van der Waals surface area contributed by atoms with Crippen molar-refractivity contribution in [2.75, 3.05) is 13.1 Å². The Morgan fingerprint density at radius 2 is 2.04 bits per heavy atom. The predicted octanol–water partition coefficient (Wildman–Crippen LogP) is 2.11. The van der Waals surface area contributed by atoms with Crippen LogP contribution in [0.15, 0.2) is 28.8 Å². The maximum Gasteiger partial charge on any atom is 0.317 e. The fraction of sp³-hybridized carbons (Fsp3) is 0.526. The van der Waals surface area contributed by atoms with Gasteiger partial charge in [-0.3, -0.25) is 0 Å². The molecule has 7 nitrogen and oxygen atoms in total. The average molecular weight is 355 g/mol. The van der Waals surface area contributed by atoms with E-state index in [1.54, 1.807) is 0 Å². The van der Waals surface area contributed by atoms with Gasteiger partial charge in [-0.2, -0.15) is 4.98 Å². The van der Waals surface area contributed by atoms with Gasteiger partial charge in [0.25, 0.3) is 0 Å². The molecule has 0 spiro atoms. The van der Waals surface area contributed by atoms with E-state index in [0.29, 0.717) is 31.2 Å². The molecule has 7 heteroatoms. The molecule has 26 heavy (non-hydrogen) atoms. The molecule has 1 aromatic carbocycles. The van der Waals surface area contributed by atoms with E-state index >= 15 is 0 Å². The fourth-order valence-electron chi connectivity index (χ4n) is 3.85. The number of nitrogens with zero attached hydrogens (tertiary/aromatic N) is 3. The van der Waals surface area contributed by atoms with Crippen molar-refractivity contribution in [2.45, 2.75) is 50.6 Å². The van der Waals surface area contributed by atoms with Gasteiger partial charge >= 0.3 is 6.03 Å². The first-order valence-corrected chi connectivity index (χ1v) is 9.36. The Labute approximate surface area is 152 Å². The molecule has 2 aliphatic rings. The Morgan fingerprint density at radius 1 is 1.27 bits per heavy atom. The molecule has 0 unspecified atom stereocenters. The number of urea groups is 1. The Balaban J connectivity index is 1.27. The summed E-state index contributed by atoms with van der Waals surface area (Å²) in [6, 6.07) is 8.23. The van der Waals surface area contributed by atoms with Crippen LogP contribution in [0.5, 0.6) is 0 Å². The number of carbonyl (C=O) groups is 1. The summed E-state index contributed by atoms with van der Waals surface area (Å²) in [5.41, 5.74) is 8.46. The van der Waals surface area contributed by atoms with Crippen LogP contribution in [0.25, 0.3) is 0 Å². The monoisotopic (exact) mass is 355 g/mol. The van der Waals surface area contributed by atoms with Gasteiger partial charge in [0.2, 0.25) is 5.89 Å². The highest BCUT2D eigenvalue weighted by atomic mass is 16.5. The number of hydrogen-bond donors (Lipinski definition) is 2. The molecule has 2 heterocycles. The lowest BCUT2D eigenvalue weighted by atomic mass is 9.99. The molecule has 2 aromatic rings. The Morgan fingerprint density at radius 3 is 2.85 bits per heavy atom. The number of carbonyl (C=O) groups excluding carboxylic acids is 1. The minimum Gasteiger partial charge on any atom is -0.339 e. The van der Waals surface area contributed by atoms with Gasteiger partial charge in [0.05, 0.1) is 5.54 Å². The number of fused-ring (bicyclic) bond motifs is 1. The average Bonchev–Trinajstić information content (AvgIpc) is 3.31. The molecule has 4 rings (SSSR count). The van der Waals surface area contributed by atoms with Crippen LogP contribution in [-0.2, 0) is 24.9 Å². The highest BCUT2D eigenvalue weighted by Gasteiger charge is 2.35. The van der Waals surface area contributed by atoms with E-state index in [9.17, 15) is 4.79 Å². The van der Waals surface area contributed by atoms with Crippen molar-refractivity contribution in [1.29, 1.82) is 0 Å². The first-order valence-electron chi connectivity index (χ1n) is 9.36. The number of nitrogens with two attached hydrogens (primary N) is 1. The molecule has 138 valence electrons. The topological polar surface area (TPSA) is 97.3 Å². The van der Waals surface area contributed by atoms with E-state index < -0.39 is 5.54 Å². The Bertz CT molecular complexity index is 782. The molecular formula is C19H25N5O2. The molecule has 2 amide bonds. The predicted molar refractivity (Wildman–Crippen MR) is 96.3 cm³/mol. The van der Waals surface area contributed by atoms with Crippen LogP contribution in [0, 0.1) is 0 Å². The zero-order valence-corrected chi connectivity index (χ0v) is 14.9. The zero-order chi connectivity index (χ0) is 18.0. The molecule has 0 bridgehead atoms. The number of nitrogens with one attached hydrogen (secondary N) is 1. The van der Waals surface area contributed by atoms with E-state index in [1.807, 2.05) is 17.0 Å². The molecule has 1 aliphatic carbocycles. The number of hydrogen-bond acceptors (Lipinski definition) is 5. The quantitative estimate of drug-likeness (QED) is 0.875. The first-order chi connectivity index (χ1) is 12.6. The third kappa shape index (κ3) is 3.44. The van der Waals surface area contributed by atoms with Crippen LogP contribution in [0.4, 0.5) is 4.79 Å². The SMILES string of the molecule is NC1(c2noc(CCNC(=O)N3CCc4ccccc4C3)n2)CCCC1. The molecule has 1 aliphatic heterocycles. The standard InChI is InChI=1S/C19H25N5O2/c20-19(9-3-4-10-19)17-22-16(26-23-17)7-11-21-18(25)24-12-8-14-5-1-2-6-15(14)13-24/h1-2,5-6H,3-4,7-13,20H2,(H,21,25). The van der Waals surface area contributed by atoms with Gasteiger partial charge in [0, 0.05) is 26.1 Å². The van der Waals surface area contributed by atoms with Gasteiger partial charge in [-0.1, -0.05) is 42.3 Å². The smallest absolute Gasteiger partial charge is 0.317 e. The van der Waals surface area contributed by atoms with Crippen LogP contribution < -0.4 is 11.1 Å². The molecule has 1 saturated carbocycles. The lowest BCUT2D eigenvalue weighted by molar-refractivity contribution is 0.192. The minimum absolute atomic E-state index is 0.0506. The summed E-state index contributed by atoms with van der Waals surface area (Å²) in [6.07, 6.45) is 5.43. The van der Waals surface area contributed by atoms with E-state index in [-0.39, 0.29) is 6.03 Å². The lowest BCUT2D eigenvalue weighted by Crippen LogP contribution is -2.43. The summed E-state index contributed by atoms with van der Waals surface area (Å²) in [5, 5.41) is 7.00. The minimum atomic E-state index is -0.438. The fourth-order valence-corrected chi connectivity index (χ4v) is 3.85. The summed E-state index contributed by atoms with van der Waals surface area (Å²) in [5.74, 6) is 1.13. The molecule has 0 saturated heterocycles. The van der Waals surface area contributed by atoms with E-state index in [1.165, 1.54) is 11.1 Å². The highest BCUT2D eigenvalue weighted by Crippen LogP contribution is 2.34. The van der Waals surface area contributed by atoms with Crippen molar-refractivity contribution in [3.8, 4) is 0 Å². The van der Waals surface area contributed by atoms with Crippen molar-refractivity contribution in [2.24, 2.45) is 5.73 Å². The maximum absolute atomic E-state index is 12.4. The molecular weight excluding hydrogens is 330 g/mol. The van der Waals surface area contributed by atoms with Gasteiger partial charge < -0.3 is 20.5 Å². The third-order valence-electron chi connectivity index (χ3n) is 5.44. The zero-order valence-electron chi connectivity index (χ0n) is 14.9. The summed E-state index contributed by atoms with van der Waals surface area (Å²) >= 11 is 0. The largest absolute Gasteiger partial charge is 0.339 e. The van der Waals surface area contributed by atoms with Crippen molar-refractivity contribution in [1.82, 2.24) is 20.4 Å². The first kappa shape index (κ1) is 17.0.